The molecule has 0 spiro atoms. The molecule has 0 aliphatic rings. The number of rotatable bonds is 4. The third-order valence-corrected chi connectivity index (χ3v) is 1.67. The fourth-order valence-electron chi connectivity index (χ4n) is 0.592. The molecule has 0 aliphatic heterocycles. The minimum atomic E-state index is -0.104. The highest BCUT2D eigenvalue weighted by molar-refractivity contribution is 5.77. The molecule has 0 aromatic heterocycles. The molecule has 0 saturated heterocycles. The quantitative estimate of drug-likeness (QED) is 0.569. The van der Waals surface area contributed by atoms with Crippen molar-refractivity contribution in [2.24, 2.45) is 11.7 Å². The van der Waals surface area contributed by atoms with Gasteiger partial charge in [-0.2, -0.15) is 0 Å². The van der Waals surface area contributed by atoms with Gasteiger partial charge in [-0.05, 0) is 14.1 Å². The van der Waals surface area contributed by atoms with Crippen molar-refractivity contribution < 1.29 is 4.79 Å². The second-order valence-electron chi connectivity index (χ2n) is 3.43. The molecule has 0 aromatic rings. The lowest BCUT2D eigenvalue weighted by molar-refractivity contribution is -0.124. The summed E-state index contributed by atoms with van der Waals surface area (Å²) >= 11 is 0. The average molecular weight is 173 g/mol. The predicted octanol–water partition coefficient (Wildman–Crippen LogP) is -0.395. The Balaban J connectivity index is 3.61. The summed E-state index contributed by atoms with van der Waals surface area (Å²) in [6.07, 6.45) is -0.104. The van der Waals surface area contributed by atoms with Gasteiger partial charge in [0, 0.05) is 12.5 Å². The zero-order chi connectivity index (χ0) is 9.72. The van der Waals surface area contributed by atoms with E-state index in [-0.39, 0.29) is 18.0 Å². The molecule has 4 heteroatoms. The maximum Gasteiger partial charge on any atom is 0.222 e. The highest BCUT2D eigenvalue weighted by Crippen LogP contribution is 1.90. The van der Waals surface area contributed by atoms with Crippen LogP contribution in [-0.4, -0.2) is 37.6 Å². The first-order valence-electron chi connectivity index (χ1n) is 4.15. The Morgan fingerprint density at radius 3 is 2.33 bits per heavy atom. The van der Waals surface area contributed by atoms with Gasteiger partial charge in [0.2, 0.25) is 5.91 Å². The number of nitrogens with one attached hydrogen (secondary N) is 1. The van der Waals surface area contributed by atoms with Gasteiger partial charge in [-0.15, -0.1) is 0 Å². The lowest BCUT2D eigenvalue weighted by Gasteiger charge is -2.20. The first-order chi connectivity index (χ1) is 5.45. The van der Waals surface area contributed by atoms with Gasteiger partial charge in [-0.1, -0.05) is 13.8 Å². The van der Waals surface area contributed by atoms with Gasteiger partial charge in [0.05, 0.1) is 6.17 Å². The topological polar surface area (TPSA) is 58.4 Å². The highest BCUT2D eigenvalue weighted by Gasteiger charge is 2.09. The van der Waals surface area contributed by atoms with Crippen LogP contribution in [0.15, 0.2) is 0 Å². The van der Waals surface area contributed by atoms with Crippen LogP contribution in [0.2, 0.25) is 0 Å². The molecule has 0 heterocycles. The lowest BCUT2D eigenvalue weighted by atomic mass is 10.2. The minimum Gasteiger partial charge on any atom is -0.353 e. The van der Waals surface area contributed by atoms with Crippen LogP contribution in [-0.2, 0) is 4.79 Å². The van der Waals surface area contributed by atoms with Crippen LogP contribution < -0.4 is 11.1 Å². The van der Waals surface area contributed by atoms with Crippen molar-refractivity contribution in [2.75, 3.05) is 20.6 Å². The van der Waals surface area contributed by atoms with E-state index in [2.05, 4.69) is 5.32 Å². The second-order valence-corrected chi connectivity index (χ2v) is 3.43. The molecule has 1 amide bonds. The summed E-state index contributed by atoms with van der Waals surface area (Å²) in [4.78, 5) is 12.9. The van der Waals surface area contributed by atoms with Crippen LogP contribution in [0.5, 0.6) is 0 Å². The number of amides is 1. The molecule has 0 aromatic carbocycles. The van der Waals surface area contributed by atoms with E-state index < -0.39 is 0 Å². The van der Waals surface area contributed by atoms with Crippen LogP contribution in [0, 0.1) is 5.92 Å². The molecular formula is C8H19N3O. The first kappa shape index (κ1) is 11.4. The zero-order valence-electron chi connectivity index (χ0n) is 8.29. The van der Waals surface area contributed by atoms with Crippen molar-refractivity contribution in [3.8, 4) is 0 Å². The van der Waals surface area contributed by atoms with Crippen LogP contribution in [0.1, 0.15) is 13.8 Å². The standard InChI is InChI=1S/C8H19N3O/c1-6(2)8(12)10-5-7(9)11(3)4/h6-7H,5,9H2,1-4H3,(H,10,12). The highest BCUT2D eigenvalue weighted by atomic mass is 16.1. The van der Waals surface area contributed by atoms with Crippen LogP contribution in [0.3, 0.4) is 0 Å². The smallest absolute Gasteiger partial charge is 0.222 e. The SMILES string of the molecule is CC(C)C(=O)NCC(N)N(C)C. The fourth-order valence-corrected chi connectivity index (χ4v) is 0.592. The number of nitrogens with zero attached hydrogens (tertiary/aromatic N) is 1. The van der Waals surface area contributed by atoms with E-state index in [1.807, 2.05) is 32.8 Å². The number of carbonyl (C=O) groups excluding carboxylic acids is 1. The second kappa shape index (κ2) is 5.11. The Morgan fingerprint density at radius 1 is 1.50 bits per heavy atom. The average Bonchev–Trinajstić information content (AvgIpc) is 1.98. The molecule has 0 rings (SSSR count). The van der Waals surface area contributed by atoms with Gasteiger partial charge in [-0.3, -0.25) is 9.69 Å². The molecular weight excluding hydrogens is 154 g/mol. The number of carbonyl (C=O) groups is 1. The normalized spacial score (nSPS) is 13.6. The summed E-state index contributed by atoms with van der Waals surface area (Å²) in [5.74, 6) is 0.0756. The molecule has 0 fully saturated rings. The molecule has 0 radical (unpaired) electrons. The van der Waals surface area contributed by atoms with Gasteiger partial charge in [0.1, 0.15) is 0 Å². The summed E-state index contributed by atoms with van der Waals surface area (Å²) in [5, 5.41) is 2.76. The van der Waals surface area contributed by atoms with E-state index in [1.54, 1.807) is 0 Å². The van der Waals surface area contributed by atoms with E-state index in [4.69, 9.17) is 5.73 Å². The molecule has 4 nitrogen and oxygen atoms in total. The fraction of sp³-hybridized carbons (Fsp3) is 0.875. The van der Waals surface area contributed by atoms with Gasteiger partial charge in [-0.25, -0.2) is 0 Å². The van der Waals surface area contributed by atoms with Gasteiger partial charge in [0.15, 0.2) is 0 Å². The van der Waals surface area contributed by atoms with Crippen molar-refractivity contribution >= 4 is 5.91 Å². The van der Waals surface area contributed by atoms with Gasteiger partial charge < -0.3 is 11.1 Å². The van der Waals surface area contributed by atoms with Gasteiger partial charge >= 0.3 is 0 Å². The Morgan fingerprint density at radius 2 is 2.00 bits per heavy atom. The number of hydrogen-bond donors (Lipinski definition) is 2. The summed E-state index contributed by atoms with van der Waals surface area (Å²) in [6.45, 7) is 4.22. The number of nitrogens with two attached hydrogens (primary N) is 1. The molecule has 12 heavy (non-hydrogen) atoms. The molecule has 3 N–H and O–H groups in total. The van der Waals surface area contributed by atoms with E-state index >= 15 is 0 Å². The van der Waals surface area contributed by atoms with E-state index in [0.29, 0.717) is 6.54 Å². The number of likely N-dealkylation sites (N-methyl/N-ethyl adjacent to an activating group) is 1. The Kier molecular flexibility index (Phi) is 4.85. The van der Waals surface area contributed by atoms with Crippen molar-refractivity contribution in [1.82, 2.24) is 10.2 Å². The summed E-state index contributed by atoms with van der Waals surface area (Å²) in [7, 11) is 3.76. The maximum absolute atomic E-state index is 11.1. The summed E-state index contributed by atoms with van der Waals surface area (Å²) in [6, 6.07) is 0. The molecule has 72 valence electrons. The van der Waals surface area contributed by atoms with Crippen molar-refractivity contribution in [3.05, 3.63) is 0 Å². The Bertz CT molecular complexity index is 145. The predicted molar refractivity (Wildman–Crippen MR) is 49.5 cm³/mol. The third kappa shape index (κ3) is 4.31. The largest absolute Gasteiger partial charge is 0.353 e. The van der Waals surface area contributed by atoms with Crippen LogP contribution in [0.4, 0.5) is 0 Å². The zero-order valence-corrected chi connectivity index (χ0v) is 8.29. The minimum absolute atomic E-state index is 0.0272. The number of hydrogen-bond acceptors (Lipinski definition) is 3. The Hall–Kier alpha value is -0.610. The summed E-state index contributed by atoms with van der Waals surface area (Å²) < 4.78 is 0. The molecule has 0 aliphatic carbocycles. The monoisotopic (exact) mass is 173 g/mol. The molecule has 0 saturated carbocycles. The maximum atomic E-state index is 11.1. The van der Waals surface area contributed by atoms with Crippen LogP contribution >= 0.6 is 0 Å². The molecule has 0 bridgehead atoms. The summed E-state index contributed by atoms with van der Waals surface area (Å²) in [5.41, 5.74) is 5.68. The van der Waals surface area contributed by atoms with Crippen molar-refractivity contribution in [1.29, 1.82) is 0 Å². The van der Waals surface area contributed by atoms with Crippen molar-refractivity contribution in [3.63, 3.8) is 0 Å². The van der Waals surface area contributed by atoms with E-state index in [0.717, 1.165) is 0 Å². The third-order valence-electron chi connectivity index (χ3n) is 1.67. The molecule has 1 atom stereocenters. The lowest BCUT2D eigenvalue weighted by Crippen LogP contribution is -2.46. The van der Waals surface area contributed by atoms with Crippen molar-refractivity contribution in [2.45, 2.75) is 20.0 Å². The Labute approximate surface area is 74.1 Å². The first-order valence-corrected chi connectivity index (χ1v) is 4.15. The van der Waals surface area contributed by atoms with Gasteiger partial charge in [0.25, 0.3) is 0 Å². The van der Waals surface area contributed by atoms with E-state index in [1.165, 1.54) is 0 Å². The molecule has 1 unspecified atom stereocenters. The van der Waals surface area contributed by atoms with E-state index in [9.17, 15) is 4.79 Å². The van der Waals surface area contributed by atoms with Crippen LogP contribution in [0.25, 0.3) is 0 Å².